The number of carbonyl (C=O) groups excluding carboxylic acids is 2. The molecule has 3 amide bonds. The number of nitrogens with one attached hydrogen (secondary N) is 4. The number of carbonyl (C=O) groups is 2. The lowest BCUT2D eigenvalue weighted by atomic mass is 10.1. The van der Waals surface area contributed by atoms with E-state index in [4.69, 9.17) is 0 Å². The molecule has 0 bridgehead atoms. The van der Waals surface area contributed by atoms with Crippen LogP contribution in [0.4, 0.5) is 16.2 Å². The average molecular weight is 472 g/mol. The van der Waals surface area contributed by atoms with Crippen LogP contribution in [0.2, 0.25) is 0 Å². The molecule has 0 aliphatic heterocycles. The van der Waals surface area contributed by atoms with Gasteiger partial charge in [0, 0.05) is 27.7 Å². The summed E-state index contributed by atoms with van der Waals surface area (Å²) in [5.74, 6) is -0.0412. The molecule has 5 rings (SSSR count). The van der Waals surface area contributed by atoms with Crippen molar-refractivity contribution in [2.75, 3.05) is 10.6 Å². The molecule has 0 unspecified atom stereocenters. The number of hydrogen-bond donors (Lipinski definition) is 4. The largest absolute Gasteiger partial charge is 0.335 e. The summed E-state index contributed by atoms with van der Waals surface area (Å²) < 4.78 is 0. The zero-order valence-corrected chi connectivity index (χ0v) is 19.5. The van der Waals surface area contributed by atoms with Crippen molar-refractivity contribution in [1.82, 2.24) is 15.5 Å². The van der Waals surface area contributed by atoms with Crippen LogP contribution in [0, 0.1) is 6.92 Å². The minimum Gasteiger partial charge on any atom is -0.335 e. The minimum absolute atomic E-state index is 0.0412. The average Bonchev–Trinajstić information content (AvgIpc) is 3.30. The highest BCUT2D eigenvalue weighted by atomic mass is 32.1. The van der Waals surface area contributed by atoms with Gasteiger partial charge in [-0.05, 0) is 72.7 Å². The molecule has 1 aliphatic carbocycles. The van der Waals surface area contributed by atoms with E-state index in [0.29, 0.717) is 12.5 Å². The molecule has 1 aliphatic rings. The molecule has 0 atom stereocenters. The van der Waals surface area contributed by atoms with Crippen molar-refractivity contribution < 1.29 is 9.59 Å². The Balaban J connectivity index is 1.31. The third-order valence-electron chi connectivity index (χ3n) is 5.62. The molecule has 172 valence electrons. The summed E-state index contributed by atoms with van der Waals surface area (Å²) in [5.41, 5.74) is 5.09. The van der Waals surface area contributed by atoms with E-state index < -0.39 is 0 Å². The standard InChI is InChI=1S/C26H25N5O2S/c1-16-12-24-21(15-23(16)29-25(32)14-20-6-3-11-34-20)22(30-31-24)10-7-17-4-2-5-19(13-17)28-26(33)27-18-8-9-18/h2-7,10-13,15,18H,8-9,14H2,1H3,(H,29,32)(H,30,31)(H2,27,28,33). The van der Waals surface area contributed by atoms with Crippen molar-refractivity contribution >= 4 is 57.7 Å². The van der Waals surface area contributed by atoms with Gasteiger partial charge in [0.25, 0.3) is 0 Å². The van der Waals surface area contributed by atoms with Crippen LogP contribution >= 0.6 is 11.3 Å². The highest BCUT2D eigenvalue weighted by Crippen LogP contribution is 2.26. The molecule has 0 saturated heterocycles. The zero-order chi connectivity index (χ0) is 23.5. The third-order valence-corrected chi connectivity index (χ3v) is 6.49. The van der Waals surface area contributed by atoms with Crippen LogP contribution in [-0.2, 0) is 11.2 Å². The Morgan fingerprint density at radius 2 is 2.00 bits per heavy atom. The number of thiophene rings is 1. The predicted molar refractivity (Wildman–Crippen MR) is 138 cm³/mol. The van der Waals surface area contributed by atoms with Gasteiger partial charge >= 0.3 is 6.03 Å². The lowest BCUT2D eigenvalue weighted by Crippen LogP contribution is -2.30. The Labute approximate surface area is 201 Å². The van der Waals surface area contributed by atoms with Crippen LogP contribution in [0.25, 0.3) is 23.1 Å². The molecular weight excluding hydrogens is 446 g/mol. The molecule has 8 heteroatoms. The molecule has 0 radical (unpaired) electrons. The highest BCUT2D eigenvalue weighted by Gasteiger charge is 2.23. The number of hydrogen-bond acceptors (Lipinski definition) is 4. The van der Waals surface area contributed by atoms with Crippen LogP contribution in [0.3, 0.4) is 0 Å². The van der Waals surface area contributed by atoms with Gasteiger partial charge in [0.1, 0.15) is 0 Å². The molecule has 34 heavy (non-hydrogen) atoms. The third kappa shape index (κ3) is 5.35. The van der Waals surface area contributed by atoms with Gasteiger partial charge in [-0.15, -0.1) is 11.3 Å². The van der Waals surface area contributed by atoms with E-state index in [-0.39, 0.29) is 11.9 Å². The Morgan fingerprint density at radius 3 is 2.79 bits per heavy atom. The van der Waals surface area contributed by atoms with Crippen molar-refractivity contribution in [3.8, 4) is 0 Å². The Morgan fingerprint density at radius 1 is 1.12 bits per heavy atom. The maximum atomic E-state index is 12.5. The summed E-state index contributed by atoms with van der Waals surface area (Å²) in [4.78, 5) is 25.5. The maximum Gasteiger partial charge on any atom is 0.319 e. The van der Waals surface area contributed by atoms with E-state index >= 15 is 0 Å². The second-order valence-electron chi connectivity index (χ2n) is 8.46. The Bertz CT molecular complexity index is 1370. The number of aromatic amines is 1. The van der Waals surface area contributed by atoms with Crippen molar-refractivity contribution in [3.05, 3.63) is 75.6 Å². The normalized spacial score (nSPS) is 13.3. The molecule has 2 aromatic carbocycles. The van der Waals surface area contributed by atoms with E-state index in [1.165, 1.54) is 0 Å². The van der Waals surface area contributed by atoms with Gasteiger partial charge in [0.15, 0.2) is 0 Å². The molecule has 2 aromatic heterocycles. The molecule has 1 saturated carbocycles. The number of H-pyrrole nitrogens is 1. The molecule has 7 nitrogen and oxygen atoms in total. The first-order valence-corrected chi connectivity index (χ1v) is 12.1. The van der Waals surface area contributed by atoms with E-state index in [9.17, 15) is 9.59 Å². The van der Waals surface area contributed by atoms with Crippen LogP contribution in [0.1, 0.15) is 34.5 Å². The lowest BCUT2D eigenvalue weighted by molar-refractivity contribution is -0.115. The van der Waals surface area contributed by atoms with Gasteiger partial charge in [-0.3, -0.25) is 9.89 Å². The molecule has 0 spiro atoms. The number of aryl methyl sites for hydroxylation is 1. The number of aromatic nitrogens is 2. The molecule has 4 N–H and O–H groups in total. The van der Waals surface area contributed by atoms with Gasteiger partial charge in [0.05, 0.1) is 17.6 Å². The summed E-state index contributed by atoms with van der Waals surface area (Å²) in [6.07, 6.45) is 6.33. The van der Waals surface area contributed by atoms with Crippen molar-refractivity contribution in [1.29, 1.82) is 0 Å². The fraction of sp³-hybridized carbons (Fsp3) is 0.192. The van der Waals surface area contributed by atoms with E-state index in [1.807, 2.05) is 73.0 Å². The van der Waals surface area contributed by atoms with E-state index in [0.717, 1.165) is 56.8 Å². The van der Waals surface area contributed by atoms with Gasteiger partial charge < -0.3 is 16.0 Å². The quantitative estimate of drug-likeness (QED) is 0.284. The predicted octanol–water partition coefficient (Wildman–Crippen LogP) is 5.57. The number of benzene rings is 2. The van der Waals surface area contributed by atoms with Gasteiger partial charge in [-0.2, -0.15) is 5.10 Å². The first-order chi connectivity index (χ1) is 16.5. The first kappa shape index (κ1) is 21.9. The second-order valence-corrected chi connectivity index (χ2v) is 9.49. The number of amides is 3. The summed E-state index contributed by atoms with van der Waals surface area (Å²) in [6.45, 7) is 1.97. The van der Waals surface area contributed by atoms with Crippen molar-refractivity contribution in [2.24, 2.45) is 0 Å². The fourth-order valence-corrected chi connectivity index (χ4v) is 4.40. The molecular formula is C26H25N5O2S. The molecule has 2 heterocycles. The molecule has 4 aromatic rings. The minimum atomic E-state index is -0.175. The SMILES string of the molecule is Cc1cc2[nH]nc(C=Cc3cccc(NC(=O)NC4CC4)c3)c2cc1NC(=O)Cc1cccs1. The summed E-state index contributed by atoms with van der Waals surface area (Å²) in [7, 11) is 0. The lowest BCUT2D eigenvalue weighted by Gasteiger charge is -2.08. The Kier molecular flexibility index (Phi) is 6.14. The van der Waals surface area contributed by atoms with Gasteiger partial charge in [-0.1, -0.05) is 24.3 Å². The fourth-order valence-electron chi connectivity index (χ4n) is 3.70. The smallest absolute Gasteiger partial charge is 0.319 e. The van der Waals surface area contributed by atoms with Crippen molar-refractivity contribution in [2.45, 2.75) is 32.2 Å². The number of fused-ring (bicyclic) bond motifs is 1. The summed E-state index contributed by atoms with van der Waals surface area (Å²) >= 11 is 1.57. The van der Waals surface area contributed by atoms with Crippen LogP contribution < -0.4 is 16.0 Å². The topological polar surface area (TPSA) is 98.9 Å². The maximum absolute atomic E-state index is 12.5. The number of nitrogens with zero attached hydrogens (tertiary/aromatic N) is 1. The van der Waals surface area contributed by atoms with Gasteiger partial charge in [-0.25, -0.2) is 4.79 Å². The second kappa shape index (κ2) is 9.52. The summed E-state index contributed by atoms with van der Waals surface area (Å²) in [6, 6.07) is 15.6. The first-order valence-electron chi connectivity index (χ1n) is 11.2. The van der Waals surface area contributed by atoms with Crippen LogP contribution in [-0.4, -0.2) is 28.2 Å². The van der Waals surface area contributed by atoms with Crippen molar-refractivity contribution in [3.63, 3.8) is 0 Å². The number of urea groups is 1. The van der Waals surface area contributed by atoms with Crippen LogP contribution in [0.5, 0.6) is 0 Å². The monoisotopic (exact) mass is 471 g/mol. The zero-order valence-electron chi connectivity index (χ0n) is 18.7. The summed E-state index contributed by atoms with van der Waals surface area (Å²) in [5, 5.41) is 19.2. The van der Waals surface area contributed by atoms with E-state index in [2.05, 4.69) is 26.1 Å². The van der Waals surface area contributed by atoms with Gasteiger partial charge in [0.2, 0.25) is 5.91 Å². The van der Waals surface area contributed by atoms with E-state index in [1.54, 1.807) is 11.3 Å². The van der Waals surface area contributed by atoms with Crippen LogP contribution in [0.15, 0.2) is 53.9 Å². The number of anilines is 2. The highest BCUT2D eigenvalue weighted by molar-refractivity contribution is 7.10. The Hall–Kier alpha value is -3.91. The number of rotatable bonds is 7. The molecule has 1 fully saturated rings.